The zero-order valence-corrected chi connectivity index (χ0v) is 15.9. The fraction of sp³-hybridized carbons (Fsp3) is 0.368. The number of methoxy groups -OCH3 is 1. The van der Waals surface area contributed by atoms with E-state index in [9.17, 15) is 17.2 Å². The summed E-state index contributed by atoms with van der Waals surface area (Å²) in [6.45, 7) is 1.65. The molecule has 1 heterocycles. The fourth-order valence-electron chi connectivity index (χ4n) is 3.29. The van der Waals surface area contributed by atoms with Crippen molar-refractivity contribution in [3.63, 3.8) is 0 Å². The summed E-state index contributed by atoms with van der Waals surface area (Å²) in [6.07, 6.45) is 4.34. The molecule has 1 fully saturated rings. The zero-order valence-electron chi connectivity index (χ0n) is 15.0. The number of para-hydroxylation sites is 2. The van der Waals surface area contributed by atoms with E-state index in [1.54, 1.807) is 12.1 Å². The van der Waals surface area contributed by atoms with Gasteiger partial charge in [0, 0.05) is 25.2 Å². The SMILES string of the molecule is COc1cc(F)cc(F)c1S(=O)(=O)Nc1ccccc1N1CCCCCC1. The third-order valence-corrected chi connectivity index (χ3v) is 5.98. The molecule has 0 bridgehead atoms. The number of benzene rings is 2. The highest BCUT2D eigenvalue weighted by molar-refractivity contribution is 7.92. The summed E-state index contributed by atoms with van der Waals surface area (Å²) >= 11 is 0. The largest absolute Gasteiger partial charge is 0.495 e. The standard InChI is InChI=1S/C19H22F2N2O3S/c1-26-18-13-14(20)12-15(21)19(18)27(24,25)22-16-8-4-5-9-17(16)23-10-6-2-3-7-11-23/h4-5,8-9,12-13,22H,2-3,6-7,10-11H2,1H3. The van der Waals surface area contributed by atoms with Crippen LogP contribution in [0.3, 0.4) is 0 Å². The average molecular weight is 396 g/mol. The molecule has 1 aliphatic heterocycles. The molecule has 1 saturated heterocycles. The van der Waals surface area contributed by atoms with Crippen LogP contribution in [0.15, 0.2) is 41.3 Å². The summed E-state index contributed by atoms with van der Waals surface area (Å²) in [7, 11) is -3.15. The van der Waals surface area contributed by atoms with E-state index in [1.807, 2.05) is 12.1 Å². The summed E-state index contributed by atoms with van der Waals surface area (Å²) in [5.74, 6) is -2.49. The van der Waals surface area contributed by atoms with Gasteiger partial charge in [-0.1, -0.05) is 25.0 Å². The first kappa shape index (κ1) is 19.4. The van der Waals surface area contributed by atoms with Crippen molar-refractivity contribution in [1.29, 1.82) is 0 Å². The van der Waals surface area contributed by atoms with Gasteiger partial charge < -0.3 is 9.64 Å². The third kappa shape index (κ3) is 4.32. The minimum atomic E-state index is -4.32. The van der Waals surface area contributed by atoms with E-state index >= 15 is 0 Å². The minimum absolute atomic E-state index is 0.352. The van der Waals surface area contributed by atoms with Crippen molar-refractivity contribution in [1.82, 2.24) is 0 Å². The van der Waals surface area contributed by atoms with Crippen molar-refractivity contribution >= 4 is 21.4 Å². The Balaban J connectivity index is 1.98. The van der Waals surface area contributed by atoms with Crippen LogP contribution in [-0.4, -0.2) is 28.6 Å². The highest BCUT2D eigenvalue weighted by atomic mass is 32.2. The molecule has 27 heavy (non-hydrogen) atoms. The molecule has 0 spiro atoms. The number of nitrogens with one attached hydrogen (secondary N) is 1. The van der Waals surface area contributed by atoms with Crippen molar-refractivity contribution in [3.05, 3.63) is 48.0 Å². The van der Waals surface area contributed by atoms with Gasteiger partial charge in [0.25, 0.3) is 10.0 Å². The van der Waals surface area contributed by atoms with E-state index in [0.717, 1.165) is 50.5 Å². The lowest BCUT2D eigenvalue weighted by Crippen LogP contribution is -2.26. The molecule has 2 aromatic carbocycles. The van der Waals surface area contributed by atoms with E-state index in [0.29, 0.717) is 11.8 Å². The number of sulfonamides is 1. The molecule has 0 unspecified atom stereocenters. The maximum atomic E-state index is 14.3. The Morgan fingerprint density at radius 3 is 2.37 bits per heavy atom. The van der Waals surface area contributed by atoms with Gasteiger partial charge in [0.15, 0.2) is 4.90 Å². The predicted molar refractivity (Wildman–Crippen MR) is 101 cm³/mol. The first-order chi connectivity index (χ1) is 12.9. The van der Waals surface area contributed by atoms with Gasteiger partial charge in [-0.05, 0) is 25.0 Å². The van der Waals surface area contributed by atoms with E-state index < -0.39 is 26.6 Å². The van der Waals surface area contributed by atoms with Crippen LogP contribution in [0.4, 0.5) is 20.2 Å². The van der Waals surface area contributed by atoms with E-state index in [1.165, 1.54) is 7.11 Å². The average Bonchev–Trinajstić information content (AvgIpc) is 2.90. The van der Waals surface area contributed by atoms with Gasteiger partial charge in [0.1, 0.15) is 17.4 Å². The summed E-state index contributed by atoms with van der Waals surface area (Å²) in [5.41, 5.74) is 1.09. The Morgan fingerprint density at radius 2 is 1.70 bits per heavy atom. The van der Waals surface area contributed by atoms with Gasteiger partial charge in [0.2, 0.25) is 0 Å². The van der Waals surface area contributed by atoms with Crippen molar-refractivity contribution in [2.45, 2.75) is 30.6 Å². The van der Waals surface area contributed by atoms with Gasteiger partial charge in [-0.15, -0.1) is 0 Å². The van der Waals surface area contributed by atoms with Gasteiger partial charge in [-0.25, -0.2) is 17.2 Å². The van der Waals surface area contributed by atoms with E-state index in [2.05, 4.69) is 9.62 Å². The second-order valence-electron chi connectivity index (χ2n) is 6.44. The number of hydrogen-bond acceptors (Lipinski definition) is 4. The molecule has 5 nitrogen and oxygen atoms in total. The topological polar surface area (TPSA) is 58.6 Å². The number of rotatable bonds is 5. The van der Waals surface area contributed by atoms with E-state index in [-0.39, 0.29) is 5.75 Å². The molecule has 1 aliphatic rings. The first-order valence-corrected chi connectivity index (χ1v) is 10.3. The maximum absolute atomic E-state index is 14.3. The van der Waals surface area contributed by atoms with Gasteiger partial charge in [0.05, 0.1) is 18.5 Å². The summed E-state index contributed by atoms with van der Waals surface area (Å²) in [6, 6.07) is 8.37. The number of halogens is 2. The van der Waals surface area contributed by atoms with E-state index in [4.69, 9.17) is 4.74 Å². The van der Waals surface area contributed by atoms with Crippen LogP contribution in [-0.2, 0) is 10.0 Å². The fourth-order valence-corrected chi connectivity index (χ4v) is 4.58. The zero-order chi connectivity index (χ0) is 19.4. The van der Waals surface area contributed by atoms with Crippen LogP contribution in [0.2, 0.25) is 0 Å². The summed E-state index contributed by atoms with van der Waals surface area (Å²) in [4.78, 5) is 1.42. The number of ether oxygens (including phenoxy) is 1. The van der Waals surface area contributed by atoms with Crippen molar-refractivity contribution < 1.29 is 21.9 Å². The van der Waals surface area contributed by atoms with Gasteiger partial charge in [-0.3, -0.25) is 4.72 Å². The predicted octanol–water partition coefficient (Wildman–Crippen LogP) is 4.15. The number of anilines is 2. The minimum Gasteiger partial charge on any atom is -0.495 e. The van der Waals surface area contributed by atoms with Gasteiger partial charge >= 0.3 is 0 Å². The van der Waals surface area contributed by atoms with Crippen molar-refractivity contribution in [3.8, 4) is 5.75 Å². The lowest BCUT2D eigenvalue weighted by molar-refractivity contribution is 0.390. The second-order valence-corrected chi connectivity index (χ2v) is 8.06. The highest BCUT2D eigenvalue weighted by Gasteiger charge is 2.27. The van der Waals surface area contributed by atoms with Crippen LogP contribution in [0.1, 0.15) is 25.7 Å². The van der Waals surface area contributed by atoms with Crippen molar-refractivity contribution in [2.24, 2.45) is 0 Å². The van der Waals surface area contributed by atoms with Crippen LogP contribution in [0, 0.1) is 11.6 Å². The highest BCUT2D eigenvalue weighted by Crippen LogP contribution is 2.33. The normalized spacial score (nSPS) is 15.3. The summed E-state index contributed by atoms with van der Waals surface area (Å²) in [5, 5.41) is 0. The smallest absolute Gasteiger partial charge is 0.268 e. The van der Waals surface area contributed by atoms with Crippen LogP contribution < -0.4 is 14.4 Å². The van der Waals surface area contributed by atoms with Crippen LogP contribution in [0.25, 0.3) is 0 Å². The molecule has 0 saturated carbocycles. The summed E-state index contributed by atoms with van der Waals surface area (Å²) < 4.78 is 60.7. The molecule has 1 N–H and O–H groups in total. The number of nitrogens with zero attached hydrogens (tertiary/aromatic N) is 1. The Labute approximate surface area is 158 Å². The lowest BCUT2D eigenvalue weighted by atomic mass is 10.2. The van der Waals surface area contributed by atoms with Crippen LogP contribution >= 0.6 is 0 Å². The van der Waals surface area contributed by atoms with Gasteiger partial charge in [-0.2, -0.15) is 0 Å². The maximum Gasteiger partial charge on any atom is 0.268 e. The molecular formula is C19H22F2N2O3S. The molecule has 146 valence electrons. The first-order valence-electron chi connectivity index (χ1n) is 8.82. The quantitative estimate of drug-likeness (QED) is 0.825. The molecule has 2 aromatic rings. The molecule has 8 heteroatoms. The molecular weight excluding hydrogens is 374 g/mol. The third-order valence-electron chi connectivity index (χ3n) is 4.56. The monoisotopic (exact) mass is 396 g/mol. The number of hydrogen-bond donors (Lipinski definition) is 1. The molecule has 0 amide bonds. The van der Waals surface area contributed by atoms with Crippen LogP contribution in [0.5, 0.6) is 5.75 Å². The Kier molecular flexibility index (Phi) is 5.84. The second kappa shape index (κ2) is 8.12. The Hall–Kier alpha value is -2.35. The molecule has 3 rings (SSSR count). The Bertz CT molecular complexity index is 911. The molecule has 0 radical (unpaired) electrons. The molecule has 0 atom stereocenters. The van der Waals surface area contributed by atoms with Crippen molar-refractivity contribution in [2.75, 3.05) is 29.8 Å². The molecule has 0 aliphatic carbocycles. The molecule has 0 aromatic heterocycles. The lowest BCUT2D eigenvalue weighted by Gasteiger charge is -2.25. The Morgan fingerprint density at radius 1 is 1.04 bits per heavy atom.